The minimum absolute atomic E-state index is 0. The molecule has 0 heterocycles. The van der Waals surface area contributed by atoms with Crippen LogP contribution in [0.4, 0.5) is 0 Å². The zero-order valence-electron chi connectivity index (χ0n) is 15.5. The standard InChI is InChI=1S/2C9H7.C6H5.BH.2ClH.Zr/c2*1-2-5-9-7-3-6-8(9)4-1;1-2-4-6-5-3-1;;;;/h2*1-7H;1-5H;3*1H;. The third-order valence-electron chi connectivity index (χ3n) is 6.02. The molecule has 0 nitrogen and oxygen atoms in total. The summed E-state index contributed by atoms with van der Waals surface area (Å²) >= 11 is -3.16. The van der Waals surface area contributed by atoms with Gasteiger partial charge in [-0.1, -0.05) is 0 Å². The van der Waals surface area contributed by atoms with E-state index in [0.717, 1.165) is 0 Å². The molecule has 0 aliphatic heterocycles. The van der Waals surface area contributed by atoms with Gasteiger partial charge >= 0.3 is 160 Å². The number of allylic oxidation sites excluding steroid dienone is 2. The maximum absolute atomic E-state index is 5.11. The molecule has 0 bridgehead atoms. The Labute approximate surface area is 184 Å². The van der Waals surface area contributed by atoms with Gasteiger partial charge in [0.2, 0.25) is 0 Å². The van der Waals surface area contributed by atoms with Crippen LogP contribution in [0, 0.1) is 0 Å². The fourth-order valence-electron chi connectivity index (χ4n) is 4.70. The molecule has 139 valence electrons. The zero-order chi connectivity index (χ0) is 17.6. The summed E-state index contributed by atoms with van der Waals surface area (Å²) in [5.74, 6) is 0. The number of rotatable bonds is 3. The Balaban J connectivity index is 0.00000112. The van der Waals surface area contributed by atoms with E-state index in [-0.39, 0.29) is 24.8 Å². The van der Waals surface area contributed by atoms with Crippen LogP contribution in [0.5, 0.6) is 0 Å². The van der Waals surface area contributed by atoms with Gasteiger partial charge in [0.05, 0.1) is 0 Å². The summed E-state index contributed by atoms with van der Waals surface area (Å²) < 4.78 is 2.42. The van der Waals surface area contributed by atoms with Crippen molar-refractivity contribution in [1.29, 1.82) is 0 Å². The molecule has 0 saturated carbocycles. The molecule has 2 aliphatic carbocycles. The third-order valence-corrected chi connectivity index (χ3v) is 17.4. The van der Waals surface area contributed by atoms with E-state index in [1.54, 1.807) is 0 Å². The topological polar surface area (TPSA) is 0 Å². The van der Waals surface area contributed by atoms with E-state index in [1.807, 2.05) is 0 Å². The monoisotopic (exact) mass is 481 g/mol. The number of fused-ring (bicyclic) bond motifs is 2. The Kier molecular flexibility index (Phi) is 6.55. The van der Waals surface area contributed by atoms with E-state index in [4.69, 9.17) is 4.94 Å². The molecule has 4 heteroatoms. The van der Waals surface area contributed by atoms with Crippen LogP contribution in [0.25, 0.3) is 12.2 Å². The van der Waals surface area contributed by atoms with Gasteiger partial charge in [-0.3, -0.25) is 0 Å². The van der Waals surface area contributed by atoms with Crippen LogP contribution >= 0.6 is 24.8 Å². The molecular formula is C24H22BCl2Zr. The van der Waals surface area contributed by atoms with E-state index in [2.05, 4.69) is 103 Å². The molecule has 3 aromatic rings. The van der Waals surface area contributed by atoms with Gasteiger partial charge in [-0.15, -0.1) is 24.8 Å². The van der Waals surface area contributed by atoms with Gasteiger partial charge in [0, 0.05) is 0 Å². The first-order valence-electron chi connectivity index (χ1n) is 9.23. The maximum atomic E-state index is 5.11. The van der Waals surface area contributed by atoms with E-state index in [1.165, 1.54) is 25.5 Å². The average Bonchev–Trinajstić information content (AvgIpc) is 3.33. The average molecular weight is 483 g/mol. The second-order valence-electron chi connectivity index (χ2n) is 7.34. The Morgan fingerprint density at radius 1 is 0.571 bits per heavy atom. The van der Waals surface area contributed by atoms with E-state index in [0.29, 0.717) is 7.25 Å². The summed E-state index contributed by atoms with van der Waals surface area (Å²) in [6.45, 7) is 0. The van der Waals surface area contributed by atoms with Gasteiger partial charge in [-0.05, 0) is 0 Å². The predicted octanol–water partition coefficient (Wildman–Crippen LogP) is 5.66. The summed E-state index contributed by atoms with van der Waals surface area (Å²) in [5.41, 5.74) is 5.68. The van der Waals surface area contributed by atoms with E-state index in [9.17, 15) is 0 Å². The molecule has 0 saturated heterocycles. The SMILES string of the molecule is Cl.Cl.[BH]=[Zr]([c]1ccccc1)([CH]1C=Cc2ccccc21)[CH]1C=Cc2ccccc21. The molecule has 28 heavy (non-hydrogen) atoms. The van der Waals surface area contributed by atoms with Crippen LogP contribution in [0.15, 0.2) is 91.0 Å². The normalized spacial score (nSPS) is 20.4. The number of halogens is 2. The van der Waals surface area contributed by atoms with Gasteiger partial charge in [0.25, 0.3) is 0 Å². The van der Waals surface area contributed by atoms with Crippen molar-refractivity contribution < 1.29 is 19.5 Å². The quantitative estimate of drug-likeness (QED) is 0.422. The molecule has 2 unspecified atom stereocenters. The Morgan fingerprint density at radius 2 is 1.00 bits per heavy atom. The van der Waals surface area contributed by atoms with Gasteiger partial charge in [0.1, 0.15) is 0 Å². The minimum atomic E-state index is -3.16. The van der Waals surface area contributed by atoms with Crippen molar-refractivity contribution in [1.82, 2.24) is 0 Å². The van der Waals surface area contributed by atoms with Crippen LogP contribution in [0.3, 0.4) is 0 Å². The van der Waals surface area contributed by atoms with Crippen molar-refractivity contribution in [2.24, 2.45) is 0 Å². The molecule has 3 aromatic carbocycles. The van der Waals surface area contributed by atoms with Crippen molar-refractivity contribution in [2.45, 2.75) is 7.25 Å². The van der Waals surface area contributed by atoms with Crippen LogP contribution in [0.1, 0.15) is 29.5 Å². The fraction of sp³-hybridized carbons (Fsp3) is 0.0833. The molecule has 0 spiro atoms. The number of hydrogen-bond acceptors (Lipinski definition) is 0. The van der Waals surface area contributed by atoms with Crippen LogP contribution in [0.2, 0.25) is 0 Å². The first-order valence-corrected chi connectivity index (χ1v) is 15.0. The first kappa shape index (κ1) is 21.4. The van der Waals surface area contributed by atoms with Crippen molar-refractivity contribution >= 4 is 45.2 Å². The predicted molar refractivity (Wildman–Crippen MR) is 124 cm³/mol. The second kappa shape index (κ2) is 8.58. The zero-order valence-corrected chi connectivity index (χ0v) is 19.6. The third kappa shape index (κ3) is 3.30. The number of hydrogen-bond donors (Lipinski definition) is 0. The molecule has 5 rings (SSSR count). The van der Waals surface area contributed by atoms with E-state index < -0.39 is 19.5 Å². The molecular weight excluding hydrogens is 461 g/mol. The van der Waals surface area contributed by atoms with E-state index >= 15 is 0 Å². The van der Waals surface area contributed by atoms with Gasteiger partial charge in [-0.25, -0.2) is 0 Å². The fourth-order valence-corrected chi connectivity index (χ4v) is 15.6. The molecule has 0 N–H and O–H groups in total. The molecule has 2 aliphatic rings. The van der Waals surface area contributed by atoms with Crippen molar-refractivity contribution in [3.05, 3.63) is 113 Å². The summed E-state index contributed by atoms with van der Waals surface area (Å²) in [5, 5.41) is 0. The van der Waals surface area contributed by atoms with Crippen molar-refractivity contribution in [2.75, 3.05) is 0 Å². The van der Waals surface area contributed by atoms with Crippen molar-refractivity contribution in [3.8, 4) is 0 Å². The van der Waals surface area contributed by atoms with Crippen LogP contribution in [-0.2, 0) is 19.5 Å². The summed E-state index contributed by atoms with van der Waals surface area (Å²) in [6.07, 6.45) is 9.50. The van der Waals surface area contributed by atoms with Crippen LogP contribution < -0.4 is 3.27 Å². The van der Waals surface area contributed by atoms with Gasteiger partial charge in [0.15, 0.2) is 0 Å². The van der Waals surface area contributed by atoms with Crippen LogP contribution in [-0.4, -0.2) is 4.94 Å². The molecule has 2 atom stereocenters. The van der Waals surface area contributed by atoms with Gasteiger partial charge in [-0.2, -0.15) is 0 Å². The number of benzene rings is 3. The second-order valence-corrected chi connectivity index (χ2v) is 16.9. The Hall–Kier alpha value is -1.33. The Bertz CT molecular complexity index is 1020. The summed E-state index contributed by atoms with van der Waals surface area (Å²) in [6, 6.07) is 28.9. The summed E-state index contributed by atoms with van der Waals surface area (Å²) in [7, 11) is 0. The van der Waals surface area contributed by atoms with Gasteiger partial charge < -0.3 is 0 Å². The molecule has 0 amide bonds. The Morgan fingerprint density at radius 3 is 1.50 bits per heavy atom. The first-order chi connectivity index (χ1) is 12.8. The van der Waals surface area contributed by atoms with Crippen molar-refractivity contribution in [3.63, 3.8) is 0 Å². The molecule has 0 fully saturated rings. The summed E-state index contributed by atoms with van der Waals surface area (Å²) in [4.78, 5) is 5.11. The molecule has 0 aromatic heterocycles. The molecule has 0 radical (unpaired) electrons.